The first-order chi connectivity index (χ1) is 14.2. The molecule has 1 amide bonds. The van der Waals surface area contributed by atoms with Gasteiger partial charge >= 0.3 is 0 Å². The number of nitrogens with one attached hydrogen (secondary N) is 2. The van der Waals surface area contributed by atoms with Crippen molar-refractivity contribution in [1.29, 1.82) is 0 Å². The van der Waals surface area contributed by atoms with Crippen LogP contribution in [0.25, 0.3) is 11.0 Å². The molecule has 10 heteroatoms. The van der Waals surface area contributed by atoms with Crippen molar-refractivity contribution >= 4 is 44.4 Å². The van der Waals surface area contributed by atoms with E-state index in [-0.39, 0.29) is 30.1 Å². The molecule has 30 heavy (non-hydrogen) atoms. The highest BCUT2D eigenvalue weighted by molar-refractivity contribution is 9.10. The summed E-state index contributed by atoms with van der Waals surface area (Å²) >= 11 is 3.32. The zero-order valence-electron chi connectivity index (χ0n) is 16.2. The first-order valence-corrected chi connectivity index (χ1v) is 10.2. The number of benzene rings is 1. The largest absolute Gasteiger partial charge is 0.341 e. The molecule has 1 aliphatic rings. The number of rotatable bonds is 6. The molecule has 6 nitrogen and oxygen atoms in total. The van der Waals surface area contributed by atoms with E-state index in [1.54, 1.807) is 12.4 Å². The maximum absolute atomic E-state index is 14.5. The van der Waals surface area contributed by atoms with Crippen LogP contribution in [0.1, 0.15) is 43.1 Å². The van der Waals surface area contributed by atoms with Gasteiger partial charge in [0.2, 0.25) is 0 Å². The third kappa shape index (κ3) is 3.76. The summed E-state index contributed by atoms with van der Waals surface area (Å²) in [5.41, 5.74) is -0.0460. The highest BCUT2D eigenvalue weighted by Gasteiger charge is 2.52. The molecule has 0 atom stereocenters. The smallest absolute Gasteiger partial charge is 0.261 e. The Bertz CT molecular complexity index is 1130. The Morgan fingerprint density at radius 3 is 2.63 bits per heavy atom. The number of hydrogen-bond donors (Lipinski definition) is 2. The fourth-order valence-electron chi connectivity index (χ4n) is 3.23. The van der Waals surface area contributed by atoms with E-state index in [9.17, 15) is 18.0 Å². The van der Waals surface area contributed by atoms with Gasteiger partial charge in [-0.2, -0.15) is 0 Å². The van der Waals surface area contributed by atoms with Crippen LogP contribution in [0.2, 0.25) is 0 Å². The van der Waals surface area contributed by atoms with Crippen LogP contribution in [0.4, 0.5) is 24.7 Å². The number of aromatic nitrogens is 3. The van der Waals surface area contributed by atoms with E-state index >= 15 is 0 Å². The molecule has 0 spiro atoms. The standard InChI is InChI=1S/C20H19BrF3N5O/c1-10(2)29-9-25-14-8-15(21)27-17(16(14)29)26-13-7-11(3-4-12(13)22)18(30)28-20(5-6-20)19(23)24/h3-4,7-10,19H,5-6H2,1-2H3,(H,26,27)(H,28,30). The molecule has 0 saturated heterocycles. The number of carbonyl (C=O) groups excluding carboxylic acids is 1. The second kappa shape index (κ2) is 7.57. The van der Waals surface area contributed by atoms with Gasteiger partial charge in [0, 0.05) is 11.6 Å². The number of pyridine rings is 1. The second-order valence-corrected chi connectivity index (χ2v) is 8.45. The fourth-order valence-corrected chi connectivity index (χ4v) is 3.62. The second-order valence-electron chi connectivity index (χ2n) is 7.64. The highest BCUT2D eigenvalue weighted by Crippen LogP contribution is 2.41. The van der Waals surface area contributed by atoms with E-state index in [0.29, 0.717) is 21.5 Å². The van der Waals surface area contributed by atoms with Gasteiger partial charge in [-0.3, -0.25) is 4.79 Å². The summed E-state index contributed by atoms with van der Waals surface area (Å²) in [6.07, 6.45) is -0.521. The molecule has 0 aliphatic heterocycles. The predicted molar refractivity (Wildman–Crippen MR) is 111 cm³/mol. The lowest BCUT2D eigenvalue weighted by molar-refractivity contribution is 0.0680. The van der Waals surface area contributed by atoms with Gasteiger partial charge in [0.05, 0.1) is 17.5 Å². The molecule has 2 aromatic heterocycles. The van der Waals surface area contributed by atoms with Gasteiger partial charge in [-0.1, -0.05) is 0 Å². The van der Waals surface area contributed by atoms with E-state index in [0.717, 1.165) is 6.07 Å². The van der Waals surface area contributed by atoms with E-state index < -0.39 is 23.7 Å². The van der Waals surface area contributed by atoms with Crippen molar-refractivity contribution in [1.82, 2.24) is 19.9 Å². The Hall–Kier alpha value is -2.62. The van der Waals surface area contributed by atoms with Gasteiger partial charge < -0.3 is 15.2 Å². The summed E-state index contributed by atoms with van der Waals surface area (Å²) < 4.78 is 43.2. The van der Waals surface area contributed by atoms with Gasteiger partial charge in [-0.15, -0.1) is 0 Å². The predicted octanol–water partition coefficient (Wildman–Crippen LogP) is 5.18. The number of alkyl halides is 2. The number of hydrogen-bond acceptors (Lipinski definition) is 4. The minimum Gasteiger partial charge on any atom is -0.341 e. The van der Waals surface area contributed by atoms with E-state index in [1.165, 1.54) is 12.1 Å². The summed E-state index contributed by atoms with van der Waals surface area (Å²) in [7, 11) is 0. The normalized spacial score (nSPS) is 15.1. The van der Waals surface area contributed by atoms with E-state index in [1.807, 2.05) is 18.4 Å². The minimum absolute atomic E-state index is 0.00736. The molecule has 4 rings (SSSR count). The lowest BCUT2D eigenvalue weighted by atomic mass is 10.1. The fraction of sp³-hybridized carbons (Fsp3) is 0.350. The van der Waals surface area contributed by atoms with Crippen molar-refractivity contribution in [2.75, 3.05) is 5.32 Å². The number of anilines is 2. The number of nitrogens with zero attached hydrogens (tertiary/aromatic N) is 3. The van der Waals surface area contributed by atoms with Crippen LogP contribution in [0.15, 0.2) is 35.2 Å². The van der Waals surface area contributed by atoms with E-state index in [2.05, 4.69) is 36.5 Å². The molecule has 2 heterocycles. The van der Waals surface area contributed by atoms with Gasteiger partial charge in [-0.05, 0) is 66.9 Å². The average molecular weight is 482 g/mol. The van der Waals surface area contributed by atoms with Crippen LogP contribution in [-0.2, 0) is 0 Å². The SMILES string of the molecule is CC(C)n1cnc2cc(Br)nc(Nc3cc(C(=O)NC4(C(F)F)CC4)ccc3F)c21. The number of fused-ring (bicyclic) bond motifs is 1. The van der Waals surface area contributed by atoms with Crippen molar-refractivity contribution in [3.8, 4) is 0 Å². The van der Waals surface area contributed by atoms with Crippen molar-refractivity contribution in [3.63, 3.8) is 0 Å². The molecule has 0 bridgehead atoms. The number of carbonyl (C=O) groups is 1. The summed E-state index contributed by atoms with van der Waals surface area (Å²) in [5.74, 6) is -0.921. The van der Waals surface area contributed by atoms with Gasteiger partial charge in [0.15, 0.2) is 5.82 Å². The maximum Gasteiger partial charge on any atom is 0.261 e. The molecule has 1 aromatic carbocycles. The highest BCUT2D eigenvalue weighted by atomic mass is 79.9. The zero-order valence-corrected chi connectivity index (χ0v) is 17.8. The van der Waals surface area contributed by atoms with Gasteiger partial charge in [0.25, 0.3) is 12.3 Å². The molecule has 1 saturated carbocycles. The van der Waals surface area contributed by atoms with Gasteiger partial charge in [0.1, 0.15) is 21.5 Å². The summed E-state index contributed by atoms with van der Waals surface area (Å²) in [6, 6.07) is 5.51. The van der Waals surface area contributed by atoms with Crippen molar-refractivity contribution in [2.45, 2.75) is 44.7 Å². The number of halogens is 4. The molecule has 158 valence electrons. The van der Waals surface area contributed by atoms with Crippen molar-refractivity contribution in [2.24, 2.45) is 0 Å². The van der Waals surface area contributed by atoms with Crippen LogP contribution < -0.4 is 10.6 Å². The summed E-state index contributed by atoms with van der Waals surface area (Å²) in [6.45, 7) is 3.96. The molecule has 0 radical (unpaired) electrons. The van der Waals surface area contributed by atoms with Crippen LogP contribution in [0.5, 0.6) is 0 Å². The molecule has 0 unspecified atom stereocenters. The first-order valence-electron chi connectivity index (χ1n) is 9.40. The molecular weight excluding hydrogens is 463 g/mol. The van der Waals surface area contributed by atoms with Crippen molar-refractivity contribution in [3.05, 3.63) is 46.6 Å². The number of amides is 1. The summed E-state index contributed by atoms with van der Waals surface area (Å²) in [4.78, 5) is 21.2. The third-order valence-corrected chi connectivity index (χ3v) is 5.53. The van der Waals surface area contributed by atoms with E-state index in [4.69, 9.17) is 0 Å². The molecular formula is C20H19BrF3N5O. The average Bonchev–Trinajstić information content (AvgIpc) is 3.33. The monoisotopic (exact) mass is 481 g/mol. The third-order valence-electron chi connectivity index (χ3n) is 5.13. The zero-order chi connectivity index (χ0) is 21.6. The lowest BCUT2D eigenvalue weighted by Crippen LogP contribution is -2.42. The molecule has 2 N–H and O–H groups in total. The Morgan fingerprint density at radius 1 is 1.27 bits per heavy atom. The molecule has 1 fully saturated rings. The van der Waals surface area contributed by atoms with Crippen LogP contribution in [0, 0.1) is 5.82 Å². The topological polar surface area (TPSA) is 71.8 Å². The molecule has 1 aliphatic carbocycles. The molecule has 3 aromatic rings. The minimum atomic E-state index is -2.64. The van der Waals surface area contributed by atoms with Gasteiger partial charge in [-0.25, -0.2) is 23.1 Å². The quantitative estimate of drug-likeness (QED) is 0.475. The summed E-state index contributed by atoms with van der Waals surface area (Å²) in [5, 5.41) is 5.30. The Kier molecular flexibility index (Phi) is 5.21. The maximum atomic E-state index is 14.5. The van der Waals surface area contributed by atoms with Crippen LogP contribution in [-0.4, -0.2) is 32.4 Å². The Morgan fingerprint density at radius 2 is 2.00 bits per heavy atom. The van der Waals surface area contributed by atoms with Crippen LogP contribution >= 0.6 is 15.9 Å². The Labute approximate surface area is 179 Å². The van der Waals surface area contributed by atoms with Crippen molar-refractivity contribution < 1.29 is 18.0 Å². The number of imidazole rings is 1. The Balaban J connectivity index is 1.68. The first kappa shape index (κ1) is 20.6. The lowest BCUT2D eigenvalue weighted by Gasteiger charge is -2.17. The van der Waals surface area contributed by atoms with Crippen LogP contribution in [0.3, 0.4) is 0 Å².